The van der Waals surface area contributed by atoms with Gasteiger partial charge in [0.25, 0.3) is 0 Å². The lowest BCUT2D eigenvalue weighted by Crippen LogP contribution is -2.21. The quantitative estimate of drug-likeness (QED) is 0.703. The lowest BCUT2D eigenvalue weighted by atomic mass is 10.0. The van der Waals surface area contributed by atoms with Gasteiger partial charge >= 0.3 is 0 Å². The van der Waals surface area contributed by atoms with E-state index < -0.39 is 0 Å². The van der Waals surface area contributed by atoms with Crippen LogP contribution < -0.4 is 5.32 Å². The molecule has 1 atom stereocenters. The normalized spacial score (nSPS) is 12.7. The monoisotopic (exact) mass is 343 g/mol. The van der Waals surface area contributed by atoms with Crippen molar-refractivity contribution in [3.8, 4) is 0 Å². The molecule has 1 unspecified atom stereocenters. The van der Waals surface area contributed by atoms with Gasteiger partial charge in [0.2, 0.25) is 0 Å². The fourth-order valence-corrected chi connectivity index (χ4v) is 3.30. The van der Waals surface area contributed by atoms with Crippen LogP contribution in [0, 0.1) is 6.92 Å². The number of rotatable bonds is 4. The first kappa shape index (κ1) is 14.4. The Morgan fingerprint density at radius 2 is 1.95 bits per heavy atom. The van der Waals surface area contributed by atoms with Crippen LogP contribution in [-0.4, -0.2) is 6.54 Å². The summed E-state index contributed by atoms with van der Waals surface area (Å²) in [6.07, 6.45) is 0. The zero-order chi connectivity index (χ0) is 14.8. The van der Waals surface area contributed by atoms with Gasteiger partial charge in [0.05, 0.1) is 6.04 Å². The van der Waals surface area contributed by atoms with Gasteiger partial charge in [-0.15, -0.1) is 0 Å². The molecule has 1 aromatic heterocycles. The lowest BCUT2D eigenvalue weighted by molar-refractivity contribution is 0.476. The van der Waals surface area contributed by atoms with Crippen LogP contribution in [0.3, 0.4) is 0 Å². The Balaban J connectivity index is 2.08. The summed E-state index contributed by atoms with van der Waals surface area (Å²) in [7, 11) is 0. The third kappa shape index (κ3) is 2.89. The molecular weight excluding hydrogens is 326 g/mol. The van der Waals surface area contributed by atoms with Crippen LogP contribution in [0.1, 0.15) is 29.9 Å². The molecule has 0 spiro atoms. The molecule has 3 rings (SSSR count). The first-order valence-corrected chi connectivity index (χ1v) is 7.96. The first-order chi connectivity index (χ1) is 10.2. The molecule has 0 aliphatic heterocycles. The van der Waals surface area contributed by atoms with Crippen molar-refractivity contribution < 1.29 is 4.42 Å². The molecule has 1 N–H and O–H groups in total. The van der Waals surface area contributed by atoms with Crippen LogP contribution in [0.15, 0.2) is 57.4 Å². The first-order valence-electron chi connectivity index (χ1n) is 7.17. The van der Waals surface area contributed by atoms with Crippen molar-refractivity contribution in [1.29, 1.82) is 0 Å². The molecule has 0 radical (unpaired) electrons. The molecule has 1 heterocycles. The van der Waals surface area contributed by atoms with E-state index in [1.165, 1.54) is 11.1 Å². The molecule has 21 heavy (non-hydrogen) atoms. The number of hydrogen-bond donors (Lipinski definition) is 1. The minimum atomic E-state index is 0.0531. The van der Waals surface area contributed by atoms with Crippen LogP contribution in [-0.2, 0) is 0 Å². The maximum absolute atomic E-state index is 6.04. The van der Waals surface area contributed by atoms with Gasteiger partial charge in [-0.2, -0.15) is 0 Å². The molecule has 0 aliphatic rings. The van der Waals surface area contributed by atoms with E-state index in [4.69, 9.17) is 4.42 Å². The van der Waals surface area contributed by atoms with E-state index >= 15 is 0 Å². The van der Waals surface area contributed by atoms with Gasteiger partial charge in [-0.1, -0.05) is 53.2 Å². The maximum Gasteiger partial charge on any atom is 0.134 e. The Morgan fingerprint density at radius 1 is 1.14 bits per heavy atom. The highest BCUT2D eigenvalue weighted by atomic mass is 79.9. The van der Waals surface area contributed by atoms with E-state index in [-0.39, 0.29) is 6.04 Å². The molecule has 0 bridgehead atoms. The largest absolute Gasteiger partial charge is 0.459 e. The Labute approximate surface area is 133 Å². The van der Waals surface area contributed by atoms with Crippen molar-refractivity contribution in [3.05, 3.63) is 69.9 Å². The second kappa shape index (κ2) is 6.04. The standard InChI is InChI=1S/C18H18BrNO/c1-3-20-18(14-9-8-12(2)10-15(14)19)17-11-13-6-4-5-7-16(13)21-17/h4-11,18,20H,3H2,1-2H3. The summed E-state index contributed by atoms with van der Waals surface area (Å²) in [5.41, 5.74) is 3.37. The highest BCUT2D eigenvalue weighted by Gasteiger charge is 2.19. The summed E-state index contributed by atoms with van der Waals surface area (Å²) in [5, 5.41) is 4.65. The number of furan rings is 1. The van der Waals surface area contributed by atoms with E-state index in [0.29, 0.717) is 0 Å². The Kier molecular flexibility index (Phi) is 4.13. The van der Waals surface area contributed by atoms with Crippen LogP contribution in [0.4, 0.5) is 0 Å². The van der Waals surface area contributed by atoms with Crippen LogP contribution in [0.5, 0.6) is 0 Å². The second-order valence-corrected chi connectivity index (χ2v) is 6.06. The van der Waals surface area contributed by atoms with Gasteiger partial charge in [-0.3, -0.25) is 0 Å². The molecule has 2 nitrogen and oxygen atoms in total. The van der Waals surface area contributed by atoms with Crippen molar-refractivity contribution in [1.82, 2.24) is 5.32 Å². The molecule has 0 aliphatic carbocycles. The number of fused-ring (bicyclic) bond motifs is 1. The molecule has 0 saturated heterocycles. The van der Waals surface area contributed by atoms with Gasteiger partial charge in [0, 0.05) is 9.86 Å². The van der Waals surface area contributed by atoms with E-state index in [1.54, 1.807) is 0 Å². The topological polar surface area (TPSA) is 25.2 Å². The average Bonchev–Trinajstić information content (AvgIpc) is 2.89. The number of nitrogens with one attached hydrogen (secondary N) is 1. The van der Waals surface area contributed by atoms with Crippen molar-refractivity contribution in [2.24, 2.45) is 0 Å². The SMILES string of the molecule is CCNC(c1cc2ccccc2o1)c1ccc(C)cc1Br. The van der Waals surface area contributed by atoms with Gasteiger partial charge in [-0.05, 0) is 42.8 Å². The van der Waals surface area contributed by atoms with E-state index in [1.807, 2.05) is 18.2 Å². The summed E-state index contributed by atoms with van der Waals surface area (Å²) < 4.78 is 7.14. The Morgan fingerprint density at radius 3 is 2.67 bits per heavy atom. The maximum atomic E-state index is 6.04. The summed E-state index contributed by atoms with van der Waals surface area (Å²) in [6, 6.07) is 16.7. The molecule has 3 heteroatoms. The highest BCUT2D eigenvalue weighted by molar-refractivity contribution is 9.10. The summed E-state index contributed by atoms with van der Waals surface area (Å²) in [5.74, 6) is 0.947. The van der Waals surface area contributed by atoms with Gasteiger partial charge < -0.3 is 9.73 Å². The summed E-state index contributed by atoms with van der Waals surface area (Å²) in [6.45, 7) is 5.08. The lowest BCUT2D eigenvalue weighted by Gasteiger charge is -2.18. The predicted octanol–water partition coefficient (Wildman–Crippen LogP) is 5.20. The number of hydrogen-bond acceptors (Lipinski definition) is 2. The van der Waals surface area contributed by atoms with Crippen molar-refractivity contribution >= 4 is 26.9 Å². The molecule has 108 valence electrons. The predicted molar refractivity (Wildman–Crippen MR) is 90.6 cm³/mol. The molecule has 0 amide bonds. The zero-order valence-corrected chi connectivity index (χ0v) is 13.8. The Hall–Kier alpha value is -1.58. The smallest absolute Gasteiger partial charge is 0.134 e. The Bertz CT molecular complexity index is 730. The number of halogens is 1. The van der Waals surface area contributed by atoms with Crippen LogP contribution >= 0.6 is 15.9 Å². The van der Waals surface area contributed by atoms with Crippen LogP contribution in [0.2, 0.25) is 0 Å². The van der Waals surface area contributed by atoms with Gasteiger partial charge in [-0.25, -0.2) is 0 Å². The van der Waals surface area contributed by atoms with Crippen LogP contribution in [0.25, 0.3) is 11.0 Å². The number of para-hydroxylation sites is 1. The summed E-state index contributed by atoms with van der Waals surface area (Å²) >= 11 is 3.68. The van der Waals surface area contributed by atoms with E-state index in [9.17, 15) is 0 Å². The molecule has 0 fully saturated rings. The minimum Gasteiger partial charge on any atom is -0.459 e. The van der Waals surface area contributed by atoms with Crippen molar-refractivity contribution in [2.75, 3.05) is 6.54 Å². The molecule has 2 aromatic carbocycles. The average molecular weight is 344 g/mol. The molecule has 3 aromatic rings. The fourth-order valence-electron chi connectivity index (χ4n) is 2.58. The van der Waals surface area contributed by atoms with Gasteiger partial charge in [0.15, 0.2) is 0 Å². The molecular formula is C18H18BrNO. The molecule has 0 saturated carbocycles. The second-order valence-electron chi connectivity index (χ2n) is 5.20. The van der Waals surface area contributed by atoms with Crippen molar-refractivity contribution in [3.63, 3.8) is 0 Å². The number of aryl methyl sites for hydroxylation is 1. The zero-order valence-electron chi connectivity index (χ0n) is 12.2. The minimum absolute atomic E-state index is 0.0531. The third-order valence-corrected chi connectivity index (χ3v) is 4.29. The van der Waals surface area contributed by atoms with Crippen molar-refractivity contribution in [2.45, 2.75) is 19.9 Å². The summed E-state index contributed by atoms with van der Waals surface area (Å²) in [4.78, 5) is 0. The van der Waals surface area contributed by atoms with E-state index in [2.05, 4.69) is 65.4 Å². The number of benzene rings is 2. The fraction of sp³-hybridized carbons (Fsp3) is 0.222. The highest BCUT2D eigenvalue weighted by Crippen LogP contribution is 2.32. The third-order valence-electron chi connectivity index (χ3n) is 3.60. The van der Waals surface area contributed by atoms with Gasteiger partial charge in [0.1, 0.15) is 11.3 Å². The van der Waals surface area contributed by atoms with E-state index in [0.717, 1.165) is 27.7 Å².